The minimum Gasteiger partial charge on any atom is -0.497 e. The molecule has 0 spiro atoms. The molecule has 128 valence electrons. The van der Waals surface area contributed by atoms with E-state index in [2.05, 4.69) is 5.32 Å². The van der Waals surface area contributed by atoms with Crippen LogP contribution >= 0.6 is 22.9 Å². The highest BCUT2D eigenvalue weighted by Gasteiger charge is 2.09. The minimum atomic E-state index is -0.278. The van der Waals surface area contributed by atoms with E-state index in [1.54, 1.807) is 49.8 Å². The Labute approximate surface area is 154 Å². The van der Waals surface area contributed by atoms with Crippen molar-refractivity contribution in [1.82, 2.24) is 0 Å². The fraction of sp³-hybridized carbons (Fsp3) is 0.105. The highest BCUT2D eigenvalue weighted by atomic mass is 35.5. The van der Waals surface area contributed by atoms with E-state index in [0.29, 0.717) is 22.2 Å². The minimum absolute atomic E-state index is 0.278. The molecule has 0 saturated carbocycles. The average molecular weight is 374 g/mol. The van der Waals surface area contributed by atoms with Crippen LogP contribution in [0.25, 0.3) is 16.2 Å². The first kappa shape index (κ1) is 17.3. The number of carbonyl (C=O) groups is 1. The summed E-state index contributed by atoms with van der Waals surface area (Å²) in [4.78, 5) is 13.1. The number of hydrogen-bond acceptors (Lipinski definition) is 4. The Morgan fingerprint density at radius 1 is 1.16 bits per heavy atom. The molecule has 0 bridgehead atoms. The van der Waals surface area contributed by atoms with Crippen LogP contribution in [0.4, 0.5) is 5.69 Å². The summed E-state index contributed by atoms with van der Waals surface area (Å²) in [5, 5.41) is 4.44. The lowest BCUT2D eigenvalue weighted by Gasteiger charge is -2.10. The Kier molecular flexibility index (Phi) is 5.26. The number of carbonyl (C=O) groups excluding carboxylic acids is 1. The summed E-state index contributed by atoms with van der Waals surface area (Å²) in [5.74, 6) is 0.912. The third-order valence-corrected chi connectivity index (χ3v) is 5.27. The number of benzene rings is 2. The molecule has 1 aromatic heterocycles. The van der Waals surface area contributed by atoms with E-state index in [0.717, 1.165) is 15.0 Å². The summed E-state index contributed by atoms with van der Waals surface area (Å²) in [6, 6.07) is 13.1. The van der Waals surface area contributed by atoms with Crippen molar-refractivity contribution in [3.05, 3.63) is 58.4 Å². The zero-order valence-electron chi connectivity index (χ0n) is 13.7. The molecule has 0 aliphatic rings. The molecule has 2 aromatic carbocycles. The average Bonchev–Trinajstić information content (AvgIpc) is 2.96. The van der Waals surface area contributed by atoms with Gasteiger partial charge in [0.05, 0.1) is 24.9 Å². The molecule has 3 rings (SSSR count). The fourth-order valence-corrected chi connectivity index (χ4v) is 3.78. The molecule has 0 aliphatic heterocycles. The van der Waals surface area contributed by atoms with Gasteiger partial charge in [-0.15, -0.1) is 11.3 Å². The highest BCUT2D eigenvalue weighted by molar-refractivity contribution is 7.20. The van der Waals surface area contributed by atoms with Gasteiger partial charge < -0.3 is 14.8 Å². The summed E-state index contributed by atoms with van der Waals surface area (Å²) in [7, 11) is 3.11. The maximum atomic E-state index is 12.2. The van der Waals surface area contributed by atoms with Gasteiger partial charge in [-0.2, -0.15) is 0 Å². The van der Waals surface area contributed by atoms with E-state index in [1.165, 1.54) is 6.08 Å². The predicted octanol–water partition coefficient (Wildman–Crippen LogP) is 5.22. The molecule has 0 fully saturated rings. The Morgan fingerprint density at radius 3 is 2.68 bits per heavy atom. The monoisotopic (exact) mass is 373 g/mol. The van der Waals surface area contributed by atoms with Gasteiger partial charge in [0.2, 0.25) is 5.91 Å². The van der Waals surface area contributed by atoms with Crippen molar-refractivity contribution in [2.75, 3.05) is 19.5 Å². The number of anilines is 1. The van der Waals surface area contributed by atoms with E-state index in [4.69, 9.17) is 21.1 Å². The van der Waals surface area contributed by atoms with Crippen molar-refractivity contribution in [1.29, 1.82) is 0 Å². The highest BCUT2D eigenvalue weighted by Crippen LogP contribution is 2.36. The third-order valence-electron chi connectivity index (χ3n) is 3.61. The van der Waals surface area contributed by atoms with Gasteiger partial charge in [0.15, 0.2) is 0 Å². The molecule has 0 atom stereocenters. The van der Waals surface area contributed by atoms with Gasteiger partial charge in [-0.3, -0.25) is 4.79 Å². The van der Waals surface area contributed by atoms with Crippen molar-refractivity contribution >= 4 is 50.7 Å². The Morgan fingerprint density at radius 2 is 1.96 bits per heavy atom. The van der Waals surface area contributed by atoms with Crippen LogP contribution < -0.4 is 14.8 Å². The number of rotatable bonds is 5. The maximum Gasteiger partial charge on any atom is 0.248 e. The number of hydrogen-bond donors (Lipinski definition) is 1. The Balaban J connectivity index is 1.80. The molecule has 1 amide bonds. The van der Waals surface area contributed by atoms with Gasteiger partial charge in [-0.25, -0.2) is 0 Å². The summed E-state index contributed by atoms with van der Waals surface area (Å²) in [6.07, 6.45) is 3.17. The van der Waals surface area contributed by atoms with Gasteiger partial charge in [-0.05, 0) is 24.3 Å². The quantitative estimate of drug-likeness (QED) is 0.623. The van der Waals surface area contributed by atoms with E-state index >= 15 is 0 Å². The van der Waals surface area contributed by atoms with Crippen molar-refractivity contribution in [2.24, 2.45) is 0 Å². The van der Waals surface area contributed by atoms with Gasteiger partial charge in [0.1, 0.15) is 11.5 Å². The Bertz CT molecular complexity index is 949. The molecule has 0 radical (unpaired) electrons. The van der Waals surface area contributed by atoms with Crippen LogP contribution in [0.15, 0.2) is 48.5 Å². The first-order chi connectivity index (χ1) is 12.1. The topological polar surface area (TPSA) is 47.6 Å². The van der Waals surface area contributed by atoms with E-state index in [1.807, 2.05) is 24.3 Å². The lowest BCUT2D eigenvalue weighted by atomic mass is 10.2. The first-order valence-corrected chi connectivity index (χ1v) is 8.70. The summed E-state index contributed by atoms with van der Waals surface area (Å²) in [5.41, 5.74) is 0.541. The van der Waals surface area contributed by atoms with Gasteiger partial charge in [-0.1, -0.05) is 29.8 Å². The van der Waals surface area contributed by atoms with Gasteiger partial charge in [0.25, 0.3) is 0 Å². The third kappa shape index (κ3) is 3.78. The molecule has 6 heteroatoms. The van der Waals surface area contributed by atoms with E-state index in [9.17, 15) is 4.79 Å². The lowest BCUT2D eigenvalue weighted by molar-refractivity contribution is -0.111. The molecule has 1 heterocycles. The van der Waals surface area contributed by atoms with Crippen LogP contribution in [0.3, 0.4) is 0 Å². The predicted molar refractivity (Wildman–Crippen MR) is 104 cm³/mol. The smallest absolute Gasteiger partial charge is 0.248 e. The molecular formula is C19H16ClNO3S. The molecule has 3 aromatic rings. The number of methoxy groups -OCH3 is 2. The number of nitrogens with one attached hydrogen (secondary N) is 1. The summed E-state index contributed by atoms with van der Waals surface area (Å²) in [6.45, 7) is 0. The van der Waals surface area contributed by atoms with Crippen LogP contribution in [-0.2, 0) is 4.79 Å². The van der Waals surface area contributed by atoms with Gasteiger partial charge in [0, 0.05) is 27.1 Å². The van der Waals surface area contributed by atoms with Crippen LogP contribution in [0, 0.1) is 0 Å². The molecule has 0 unspecified atom stereocenters. The number of halogens is 1. The summed E-state index contributed by atoms with van der Waals surface area (Å²) < 4.78 is 11.5. The fourth-order valence-electron chi connectivity index (χ4n) is 2.38. The van der Waals surface area contributed by atoms with Crippen LogP contribution in [0.2, 0.25) is 5.02 Å². The number of amides is 1. The standard InChI is InChI=1S/C19H16ClNO3S/c1-23-12-7-8-15(24-2)14(11-12)21-18(22)10-9-17-19(20)13-5-3-4-6-16(13)25-17/h3-11H,1-2H3,(H,21,22)/b10-9+. The largest absolute Gasteiger partial charge is 0.497 e. The van der Waals surface area contributed by atoms with Crippen LogP contribution in [-0.4, -0.2) is 20.1 Å². The number of fused-ring (bicyclic) bond motifs is 1. The zero-order chi connectivity index (χ0) is 17.8. The number of thiophene rings is 1. The van der Waals surface area contributed by atoms with Crippen molar-refractivity contribution in [3.63, 3.8) is 0 Å². The maximum absolute atomic E-state index is 12.2. The molecule has 25 heavy (non-hydrogen) atoms. The normalized spacial score (nSPS) is 11.0. The summed E-state index contributed by atoms with van der Waals surface area (Å²) >= 11 is 7.92. The van der Waals surface area contributed by atoms with Crippen LogP contribution in [0.5, 0.6) is 11.5 Å². The SMILES string of the molecule is COc1ccc(OC)c(NC(=O)/C=C/c2sc3ccccc3c2Cl)c1. The van der Waals surface area contributed by atoms with E-state index in [-0.39, 0.29) is 5.91 Å². The molecular weight excluding hydrogens is 358 g/mol. The van der Waals surface area contributed by atoms with Crippen LogP contribution in [0.1, 0.15) is 4.88 Å². The zero-order valence-corrected chi connectivity index (χ0v) is 15.3. The molecule has 0 aliphatic carbocycles. The molecule has 0 saturated heterocycles. The van der Waals surface area contributed by atoms with Gasteiger partial charge >= 0.3 is 0 Å². The second-order valence-corrected chi connectivity index (χ2v) is 6.63. The first-order valence-electron chi connectivity index (χ1n) is 7.50. The second kappa shape index (κ2) is 7.59. The second-order valence-electron chi connectivity index (χ2n) is 5.17. The number of ether oxygens (including phenoxy) is 2. The van der Waals surface area contributed by atoms with Crippen molar-refractivity contribution in [2.45, 2.75) is 0 Å². The molecule has 4 nitrogen and oxygen atoms in total. The van der Waals surface area contributed by atoms with E-state index < -0.39 is 0 Å². The lowest BCUT2D eigenvalue weighted by Crippen LogP contribution is -2.09. The van der Waals surface area contributed by atoms with Crippen molar-refractivity contribution in [3.8, 4) is 11.5 Å². The molecule has 1 N–H and O–H groups in total. The Hall–Kier alpha value is -2.50. The van der Waals surface area contributed by atoms with Crippen molar-refractivity contribution < 1.29 is 14.3 Å².